The molecular formula is C24H20Br2F3N3O8. The fraction of sp³-hybridized carbons (Fsp3) is 0.250. The first kappa shape index (κ1) is 30.7. The number of H-pyrrole nitrogens is 1. The van der Waals surface area contributed by atoms with Crippen LogP contribution in [-0.2, 0) is 27.2 Å². The summed E-state index contributed by atoms with van der Waals surface area (Å²) < 4.78 is 60.0. The second-order valence-corrected chi connectivity index (χ2v) is 8.86. The van der Waals surface area contributed by atoms with Crippen LogP contribution in [0, 0.1) is 0 Å². The van der Waals surface area contributed by atoms with Gasteiger partial charge < -0.3 is 27.1 Å². The Morgan fingerprint density at radius 3 is 2.27 bits per heavy atom. The minimum Gasteiger partial charge on any atom is -0.508 e. The van der Waals surface area contributed by atoms with Crippen LogP contribution in [0.1, 0.15) is 16.8 Å². The van der Waals surface area contributed by atoms with Crippen molar-refractivity contribution in [3.05, 3.63) is 69.6 Å². The average molecular weight is 695 g/mol. The first-order chi connectivity index (χ1) is 18.9. The number of nitrogens with one attached hydrogen (secondary N) is 1. The van der Waals surface area contributed by atoms with Gasteiger partial charge in [-0.25, -0.2) is 9.89 Å². The van der Waals surface area contributed by atoms with Gasteiger partial charge in [-0.1, -0.05) is 0 Å². The number of halogens is 5. The maximum Gasteiger partial charge on any atom is 0.471 e. The monoisotopic (exact) mass is 693 g/mol. The van der Waals surface area contributed by atoms with Gasteiger partial charge >= 0.3 is 18.1 Å². The molecule has 1 atom stereocenters. The number of amides is 1. The molecule has 1 amide bonds. The lowest BCUT2D eigenvalue weighted by Crippen LogP contribution is -2.49. The quantitative estimate of drug-likeness (QED) is 0.297. The standard InChI is InChI=1S/C24H20Br2F3N3O8/c1-32(23(36)24(27,28)29)16(22(35)37-2)7-12-8-18(39-25)21(19(9-12)40-26)38-15-4-5-17(33)13(11-15)10-14-3-6-20(34)31-30-14/h3-6,8-9,11,16,33H,7,10H2,1-2H3,(H,31,34)/t16-/m0/s1. The van der Waals surface area contributed by atoms with Crippen LogP contribution in [0.25, 0.3) is 0 Å². The Kier molecular flexibility index (Phi) is 10.0. The molecule has 0 fully saturated rings. The van der Waals surface area contributed by atoms with Crippen molar-refractivity contribution in [1.29, 1.82) is 0 Å². The van der Waals surface area contributed by atoms with Crippen LogP contribution in [0.15, 0.2) is 47.3 Å². The molecule has 2 aromatic carbocycles. The summed E-state index contributed by atoms with van der Waals surface area (Å²) in [6, 6.07) is 8.22. The van der Waals surface area contributed by atoms with Gasteiger partial charge in [0, 0.05) is 31.5 Å². The van der Waals surface area contributed by atoms with E-state index in [1.807, 2.05) is 0 Å². The highest BCUT2D eigenvalue weighted by atomic mass is 79.9. The molecule has 1 heterocycles. The van der Waals surface area contributed by atoms with Gasteiger partial charge in [-0.15, -0.1) is 0 Å². The number of esters is 1. The summed E-state index contributed by atoms with van der Waals surface area (Å²) >= 11 is 5.70. The normalized spacial score (nSPS) is 11.9. The first-order valence-corrected chi connectivity index (χ1v) is 12.4. The molecule has 0 radical (unpaired) electrons. The molecule has 11 nitrogen and oxygen atoms in total. The number of hydrogen-bond acceptors (Lipinski definition) is 9. The van der Waals surface area contributed by atoms with Crippen molar-refractivity contribution in [2.45, 2.75) is 25.1 Å². The number of methoxy groups -OCH3 is 1. The molecule has 0 aliphatic carbocycles. The highest BCUT2D eigenvalue weighted by Crippen LogP contribution is 2.44. The molecule has 214 valence electrons. The third-order valence-electron chi connectivity index (χ3n) is 5.56. The van der Waals surface area contributed by atoms with E-state index in [9.17, 15) is 32.7 Å². The van der Waals surface area contributed by atoms with Gasteiger partial charge in [0.2, 0.25) is 5.75 Å². The van der Waals surface area contributed by atoms with E-state index in [1.54, 1.807) is 0 Å². The number of benzene rings is 2. The van der Waals surface area contributed by atoms with Crippen molar-refractivity contribution in [3.63, 3.8) is 0 Å². The van der Waals surface area contributed by atoms with Gasteiger partial charge in [-0.3, -0.25) is 9.59 Å². The molecule has 16 heteroatoms. The van der Waals surface area contributed by atoms with Crippen molar-refractivity contribution in [3.8, 4) is 28.7 Å². The third-order valence-corrected chi connectivity index (χ3v) is 6.26. The van der Waals surface area contributed by atoms with Crippen molar-refractivity contribution in [2.75, 3.05) is 14.2 Å². The van der Waals surface area contributed by atoms with Crippen LogP contribution in [0.3, 0.4) is 0 Å². The van der Waals surface area contributed by atoms with Gasteiger partial charge in [-0.05, 0) is 42.0 Å². The van der Waals surface area contributed by atoms with Crippen molar-refractivity contribution < 1.29 is 45.0 Å². The minimum atomic E-state index is -5.20. The van der Waals surface area contributed by atoms with Crippen LogP contribution in [0.2, 0.25) is 0 Å². The van der Waals surface area contributed by atoms with E-state index in [2.05, 4.69) is 47.5 Å². The van der Waals surface area contributed by atoms with E-state index in [1.165, 1.54) is 42.5 Å². The summed E-state index contributed by atoms with van der Waals surface area (Å²) in [6.07, 6.45) is -5.45. The molecule has 3 rings (SSSR count). The van der Waals surface area contributed by atoms with Gasteiger partial charge in [0.15, 0.2) is 44.0 Å². The summed E-state index contributed by atoms with van der Waals surface area (Å²) in [5, 5.41) is 16.5. The Balaban J connectivity index is 1.93. The molecule has 0 saturated carbocycles. The lowest BCUT2D eigenvalue weighted by atomic mass is 10.0. The predicted molar refractivity (Wildman–Crippen MR) is 140 cm³/mol. The van der Waals surface area contributed by atoms with E-state index in [0.717, 1.165) is 14.2 Å². The Morgan fingerprint density at radius 2 is 1.75 bits per heavy atom. The average Bonchev–Trinajstić information content (AvgIpc) is 2.93. The molecule has 2 N–H and O–H groups in total. The highest BCUT2D eigenvalue weighted by molar-refractivity contribution is 9.06. The summed E-state index contributed by atoms with van der Waals surface area (Å²) in [7, 11) is 1.82. The topological polar surface area (TPSA) is 140 Å². The fourth-order valence-electron chi connectivity index (χ4n) is 3.59. The van der Waals surface area contributed by atoms with Crippen LogP contribution < -0.4 is 18.0 Å². The number of phenolic OH excluding ortho intramolecular Hbond substituents is 1. The zero-order chi connectivity index (χ0) is 29.6. The van der Waals surface area contributed by atoms with Crippen LogP contribution >= 0.6 is 32.5 Å². The number of carbonyl (C=O) groups excluding carboxylic acids is 2. The van der Waals surface area contributed by atoms with E-state index < -0.39 is 30.5 Å². The Bertz CT molecular complexity index is 1410. The van der Waals surface area contributed by atoms with Crippen molar-refractivity contribution >= 4 is 44.4 Å². The Morgan fingerprint density at radius 1 is 1.10 bits per heavy atom. The minimum absolute atomic E-state index is 0.00251. The van der Waals surface area contributed by atoms with Gasteiger partial charge in [0.25, 0.3) is 5.56 Å². The lowest BCUT2D eigenvalue weighted by Gasteiger charge is -2.27. The Labute approximate surface area is 241 Å². The summed E-state index contributed by atoms with van der Waals surface area (Å²) in [4.78, 5) is 35.5. The number of alkyl halides is 3. The number of phenols is 1. The lowest BCUT2D eigenvalue weighted by molar-refractivity contribution is -0.188. The van der Waals surface area contributed by atoms with Crippen LogP contribution in [0.4, 0.5) is 13.2 Å². The number of aromatic amines is 1. The van der Waals surface area contributed by atoms with Gasteiger partial charge in [0.1, 0.15) is 17.5 Å². The number of hydrogen-bond donors (Lipinski definition) is 2. The number of nitrogens with zero attached hydrogens (tertiary/aromatic N) is 2. The smallest absolute Gasteiger partial charge is 0.471 e. The summed E-state index contributed by atoms with van der Waals surface area (Å²) in [5.41, 5.74) is 0.729. The van der Waals surface area contributed by atoms with Crippen molar-refractivity contribution in [2.24, 2.45) is 0 Å². The SMILES string of the molecule is COC(=O)[C@H](Cc1cc(OBr)c(Oc2ccc(O)c(Cc3ccc(=O)[nH]n3)c2)c(OBr)c1)N(C)C(=O)C(F)(F)F. The predicted octanol–water partition coefficient (Wildman–Crippen LogP) is 4.34. The van der Waals surface area contributed by atoms with Crippen LogP contribution in [-0.4, -0.2) is 58.5 Å². The molecule has 0 spiro atoms. The summed E-state index contributed by atoms with van der Waals surface area (Å²) in [5.74, 6) is -3.13. The largest absolute Gasteiger partial charge is 0.508 e. The molecule has 1 aromatic heterocycles. The summed E-state index contributed by atoms with van der Waals surface area (Å²) in [6.45, 7) is 0. The van der Waals surface area contributed by atoms with Crippen LogP contribution in [0.5, 0.6) is 28.7 Å². The maximum absolute atomic E-state index is 13.0. The van der Waals surface area contributed by atoms with E-state index in [-0.39, 0.29) is 51.2 Å². The molecule has 0 unspecified atom stereocenters. The number of likely N-dealkylation sites (N-methyl/N-ethyl adjacent to an activating group) is 1. The van der Waals surface area contributed by atoms with Gasteiger partial charge in [-0.2, -0.15) is 18.3 Å². The number of aromatic nitrogens is 2. The van der Waals surface area contributed by atoms with Crippen molar-refractivity contribution in [1.82, 2.24) is 15.1 Å². The fourth-order valence-corrected chi connectivity index (χ4v) is 4.08. The first-order valence-electron chi connectivity index (χ1n) is 11.1. The zero-order valence-electron chi connectivity index (χ0n) is 20.6. The number of carbonyl (C=O) groups is 2. The molecule has 0 aliphatic heterocycles. The zero-order valence-corrected chi connectivity index (χ0v) is 23.8. The number of ether oxygens (including phenoxy) is 2. The molecular weight excluding hydrogens is 675 g/mol. The third kappa shape index (κ3) is 7.44. The second-order valence-electron chi connectivity index (χ2n) is 8.21. The highest BCUT2D eigenvalue weighted by Gasteiger charge is 2.45. The molecule has 0 saturated heterocycles. The second kappa shape index (κ2) is 13.0. The van der Waals surface area contributed by atoms with E-state index in [0.29, 0.717) is 11.3 Å². The number of aromatic hydroxyl groups is 1. The number of rotatable bonds is 10. The maximum atomic E-state index is 13.0. The molecule has 0 aliphatic rings. The van der Waals surface area contributed by atoms with E-state index in [4.69, 9.17) is 12.4 Å². The molecule has 0 bridgehead atoms. The molecule has 40 heavy (non-hydrogen) atoms. The van der Waals surface area contributed by atoms with Gasteiger partial charge in [0.05, 0.1) is 12.8 Å². The van der Waals surface area contributed by atoms with E-state index >= 15 is 0 Å². The Hall–Kier alpha value is -3.79. The molecule has 3 aromatic rings.